The number of hydrogen-bond acceptors (Lipinski definition) is 1. The molecule has 2 aromatic rings. The van der Waals surface area contributed by atoms with Gasteiger partial charge in [-0.3, -0.25) is 4.79 Å². The van der Waals surface area contributed by atoms with Crippen LogP contribution in [-0.2, 0) is 0 Å². The van der Waals surface area contributed by atoms with Gasteiger partial charge in [-0.2, -0.15) is 0 Å². The van der Waals surface area contributed by atoms with Crippen LogP contribution in [0.15, 0.2) is 34.8 Å². The van der Waals surface area contributed by atoms with Crippen molar-refractivity contribution >= 4 is 21.7 Å². The molecule has 0 aliphatic carbocycles. The van der Waals surface area contributed by atoms with E-state index in [0.717, 1.165) is 22.2 Å². The number of halogens is 4. The quantitative estimate of drug-likeness (QED) is 0.589. The normalized spacial score (nSPS) is 10.6. The molecule has 0 radical (unpaired) electrons. The Morgan fingerprint density at radius 3 is 2.37 bits per heavy atom. The van der Waals surface area contributed by atoms with Crippen molar-refractivity contribution in [1.29, 1.82) is 0 Å². The predicted octanol–water partition coefficient (Wildman–Crippen LogP) is 4.41. The summed E-state index contributed by atoms with van der Waals surface area (Å²) < 4.78 is 40.2. The summed E-state index contributed by atoms with van der Waals surface area (Å²) in [6.45, 7) is 1.77. The van der Waals surface area contributed by atoms with E-state index in [1.165, 1.54) is 6.07 Å². The van der Waals surface area contributed by atoms with Gasteiger partial charge in [-0.25, -0.2) is 13.2 Å². The van der Waals surface area contributed by atoms with E-state index in [-0.39, 0.29) is 5.56 Å². The highest BCUT2D eigenvalue weighted by Gasteiger charge is 2.20. The summed E-state index contributed by atoms with van der Waals surface area (Å²) in [7, 11) is 0. The molecule has 0 unspecified atom stereocenters. The summed E-state index contributed by atoms with van der Waals surface area (Å²) in [5, 5.41) is 0. The van der Waals surface area contributed by atoms with Crippen LogP contribution in [0.25, 0.3) is 0 Å². The van der Waals surface area contributed by atoms with Crippen molar-refractivity contribution < 1.29 is 18.0 Å². The van der Waals surface area contributed by atoms with Crippen LogP contribution in [0.5, 0.6) is 0 Å². The molecule has 0 spiro atoms. The van der Waals surface area contributed by atoms with Gasteiger partial charge in [0, 0.05) is 10.0 Å². The van der Waals surface area contributed by atoms with Gasteiger partial charge in [0.15, 0.2) is 23.2 Å². The maximum absolute atomic E-state index is 13.5. The van der Waals surface area contributed by atoms with Crippen LogP contribution in [0.1, 0.15) is 21.5 Å². The fourth-order valence-electron chi connectivity index (χ4n) is 1.64. The molecule has 0 saturated carbocycles. The second-order valence-electron chi connectivity index (χ2n) is 4.02. The van der Waals surface area contributed by atoms with Gasteiger partial charge in [-0.05, 0) is 42.8 Å². The third-order valence-corrected chi connectivity index (χ3v) is 3.59. The first kappa shape index (κ1) is 13.8. The summed E-state index contributed by atoms with van der Waals surface area (Å²) in [5.41, 5.74) is 0.514. The van der Waals surface area contributed by atoms with E-state index < -0.39 is 28.8 Å². The summed E-state index contributed by atoms with van der Waals surface area (Å²) in [5.74, 6) is -5.11. The van der Waals surface area contributed by atoms with Gasteiger partial charge < -0.3 is 0 Å². The number of carbonyl (C=O) groups is 1. The summed E-state index contributed by atoms with van der Waals surface area (Å²) in [4.78, 5) is 12.0. The molecule has 0 fully saturated rings. The monoisotopic (exact) mass is 328 g/mol. The second kappa shape index (κ2) is 5.17. The van der Waals surface area contributed by atoms with Gasteiger partial charge in [0.25, 0.3) is 0 Å². The molecule has 0 bridgehead atoms. The van der Waals surface area contributed by atoms with Crippen molar-refractivity contribution in [2.45, 2.75) is 6.92 Å². The molecule has 98 valence electrons. The van der Waals surface area contributed by atoms with Gasteiger partial charge in [-0.15, -0.1) is 0 Å². The summed E-state index contributed by atoms with van der Waals surface area (Å²) in [6, 6.07) is 6.35. The molecule has 1 nitrogen and oxygen atoms in total. The number of ketones is 1. The standard InChI is InChI=1S/C14H8BrF3O/c1-7-6-8(2-4-10(7)15)14(19)9-3-5-11(16)13(18)12(9)17/h2-6H,1H3. The molecule has 2 rings (SSSR count). The number of benzene rings is 2. The predicted molar refractivity (Wildman–Crippen MR) is 68.6 cm³/mol. The number of aryl methyl sites for hydroxylation is 1. The first-order valence-electron chi connectivity index (χ1n) is 5.36. The lowest BCUT2D eigenvalue weighted by atomic mass is 10.0. The molecule has 19 heavy (non-hydrogen) atoms. The van der Waals surface area contributed by atoms with Crippen LogP contribution in [-0.4, -0.2) is 5.78 Å². The Labute approximate surface area is 116 Å². The molecule has 0 amide bonds. The zero-order chi connectivity index (χ0) is 14.2. The minimum atomic E-state index is -1.64. The first-order chi connectivity index (χ1) is 8.91. The zero-order valence-electron chi connectivity index (χ0n) is 9.81. The van der Waals surface area contributed by atoms with Crippen molar-refractivity contribution in [2.24, 2.45) is 0 Å². The van der Waals surface area contributed by atoms with Gasteiger partial charge in [0.1, 0.15) is 0 Å². The molecular weight excluding hydrogens is 321 g/mol. The summed E-state index contributed by atoms with van der Waals surface area (Å²) >= 11 is 3.28. The minimum absolute atomic E-state index is 0.214. The van der Waals surface area contributed by atoms with Gasteiger partial charge in [-0.1, -0.05) is 15.9 Å². The van der Waals surface area contributed by atoms with Crippen LogP contribution >= 0.6 is 15.9 Å². The molecular formula is C14H8BrF3O. The fraction of sp³-hybridized carbons (Fsp3) is 0.0714. The zero-order valence-corrected chi connectivity index (χ0v) is 11.4. The Kier molecular flexibility index (Phi) is 3.75. The van der Waals surface area contributed by atoms with E-state index in [1.54, 1.807) is 19.1 Å². The van der Waals surface area contributed by atoms with Crippen LogP contribution < -0.4 is 0 Å². The number of hydrogen-bond donors (Lipinski definition) is 0. The lowest BCUT2D eigenvalue weighted by Crippen LogP contribution is -2.07. The summed E-state index contributed by atoms with van der Waals surface area (Å²) in [6.07, 6.45) is 0. The number of rotatable bonds is 2. The molecule has 5 heteroatoms. The molecule has 0 aromatic heterocycles. The highest BCUT2D eigenvalue weighted by atomic mass is 79.9. The van der Waals surface area contributed by atoms with Gasteiger partial charge in [0.2, 0.25) is 0 Å². The Bertz CT molecular complexity index is 668. The average molecular weight is 329 g/mol. The highest BCUT2D eigenvalue weighted by molar-refractivity contribution is 9.10. The van der Waals surface area contributed by atoms with Crippen molar-refractivity contribution in [1.82, 2.24) is 0 Å². The van der Waals surface area contributed by atoms with Crippen molar-refractivity contribution in [3.63, 3.8) is 0 Å². The fourth-order valence-corrected chi connectivity index (χ4v) is 1.89. The van der Waals surface area contributed by atoms with E-state index in [4.69, 9.17) is 0 Å². The average Bonchev–Trinajstić information content (AvgIpc) is 2.39. The molecule has 0 heterocycles. The third-order valence-electron chi connectivity index (χ3n) is 2.70. The Balaban J connectivity index is 2.50. The molecule has 0 atom stereocenters. The van der Waals surface area contributed by atoms with Crippen molar-refractivity contribution in [3.8, 4) is 0 Å². The van der Waals surface area contributed by atoms with Crippen LogP contribution in [0.4, 0.5) is 13.2 Å². The van der Waals surface area contributed by atoms with E-state index in [9.17, 15) is 18.0 Å². The van der Waals surface area contributed by atoms with E-state index >= 15 is 0 Å². The Hall–Kier alpha value is -1.62. The van der Waals surface area contributed by atoms with E-state index in [0.29, 0.717) is 0 Å². The molecule has 0 saturated heterocycles. The Morgan fingerprint density at radius 1 is 1.05 bits per heavy atom. The van der Waals surface area contributed by atoms with Crippen LogP contribution in [0.3, 0.4) is 0 Å². The molecule has 2 aromatic carbocycles. The lowest BCUT2D eigenvalue weighted by molar-refractivity contribution is 0.103. The maximum atomic E-state index is 13.5. The second-order valence-corrected chi connectivity index (χ2v) is 4.87. The first-order valence-corrected chi connectivity index (χ1v) is 6.15. The SMILES string of the molecule is Cc1cc(C(=O)c2ccc(F)c(F)c2F)ccc1Br. The topological polar surface area (TPSA) is 17.1 Å². The molecule has 0 aliphatic heterocycles. The van der Waals surface area contributed by atoms with Gasteiger partial charge >= 0.3 is 0 Å². The maximum Gasteiger partial charge on any atom is 0.196 e. The largest absolute Gasteiger partial charge is 0.288 e. The van der Waals surface area contributed by atoms with E-state index in [2.05, 4.69) is 15.9 Å². The lowest BCUT2D eigenvalue weighted by Gasteiger charge is -2.06. The van der Waals surface area contributed by atoms with Gasteiger partial charge in [0.05, 0.1) is 5.56 Å². The van der Waals surface area contributed by atoms with Crippen LogP contribution in [0.2, 0.25) is 0 Å². The molecule has 0 aliphatic rings. The smallest absolute Gasteiger partial charge is 0.196 e. The van der Waals surface area contributed by atoms with E-state index in [1.807, 2.05) is 0 Å². The Morgan fingerprint density at radius 2 is 1.74 bits per heavy atom. The van der Waals surface area contributed by atoms with Crippen LogP contribution in [0, 0.1) is 24.4 Å². The van der Waals surface area contributed by atoms with Crippen molar-refractivity contribution in [3.05, 3.63) is 68.9 Å². The van der Waals surface area contributed by atoms with Crippen molar-refractivity contribution in [2.75, 3.05) is 0 Å². The third kappa shape index (κ3) is 2.56. The number of carbonyl (C=O) groups excluding carboxylic acids is 1. The molecule has 0 N–H and O–H groups in total. The minimum Gasteiger partial charge on any atom is -0.288 e. The highest BCUT2D eigenvalue weighted by Crippen LogP contribution is 2.22.